The van der Waals surface area contributed by atoms with Crippen LogP contribution in [0.3, 0.4) is 0 Å². The third kappa shape index (κ3) is 3.38. The summed E-state index contributed by atoms with van der Waals surface area (Å²) in [7, 11) is 0. The van der Waals surface area contributed by atoms with Crippen LogP contribution < -0.4 is 5.32 Å². The van der Waals surface area contributed by atoms with Gasteiger partial charge in [0.2, 0.25) is 0 Å². The van der Waals surface area contributed by atoms with Gasteiger partial charge < -0.3 is 5.32 Å². The summed E-state index contributed by atoms with van der Waals surface area (Å²) in [5, 5.41) is 11.4. The molecule has 0 radical (unpaired) electrons. The van der Waals surface area contributed by atoms with Crippen LogP contribution in [0.5, 0.6) is 0 Å². The molecular weight excluding hydrogens is 325 g/mol. The Morgan fingerprint density at radius 3 is 2.75 bits per heavy atom. The molecule has 0 saturated heterocycles. The number of benzene rings is 1. The first-order valence-electron chi connectivity index (χ1n) is 7.64. The van der Waals surface area contributed by atoms with E-state index in [2.05, 4.69) is 10.4 Å². The molecule has 0 saturated carbocycles. The molecule has 3 aromatic rings. The summed E-state index contributed by atoms with van der Waals surface area (Å²) in [6, 6.07) is 9.87. The molecule has 0 aliphatic heterocycles. The minimum Gasteiger partial charge on any atom is -0.349 e. The highest BCUT2D eigenvalue weighted by Crippen LogP contribution is 2.22. The van der Waals surface area contributed by atoms with Crippen molar-refractivity contribution in [3.63, 3.8) is 0 Å². The second kappa shape index (κ2) is 6.97. The molecule has 24 heavy (non-hydrogen) atoms. The van der Waals surface area contributed by atoms with Gasteiger partial charge in [-0.1, -0.05) is 12.1 Å². The first-order chi connectivity index (χ1) is 11.6. The number of halogens is 1. The van der Waals surface area contributed by atoms with E-state index in [1.54, 1.807) is 23.5 Å². The van der Waals surface area contributed by atoms with Gasteiger partial charge in [-0.25, -0.2) is 4.39 Å². The number of aryl methyl sites for hydroxylation is 2. The second-order valence-corrected chi connectivity index (χ2v) is 6.41. The summed E-state index contributed by atoms with van der Waals surface area (Å²) in [6.45, 7) is 4.26. The highest BCUT2D eigenvalue weighted by molar-refractivity contribution is 7.07. The first-order valence-corrected chi connectivity index (χ1v) is 8.58. The lowest BCUT2D eigenvalue weighted by atomic mass is 10.1. The number of aromatic nitrogens is 2. The Hall–Kier alpha value is -2.47. The van der Waals surface area contributed by atoms with Gasteiger partial charge >= 0.3 is 0 Å². The minimum absolute atomic E-state index is 0.0509. The van der Waals surface area contributed by atoms with Crippen molar-refractivity contribution in [2.24, 2.45) is 0 Å². The van der Waals surface area contributed by atoms with E-state index >= 15 is 0 Å². The quantitative estimate of drug-likeness (QED) is 0.767. The number of nitrogens with one attached hydrogen (secondary N) is 1. The van der Waals surface area contributed by atoms with Gasteiger partial charge in [0, 0.05) is 12.2 Å². The number of hydrogen-bond acceptors (Lipinski definition) is 3. The standard InChI is InChI=1S/C18H18FN3OS/c1-12-9-13(2)22(21-12)17(14-7-8-24-11-14)10-20-18(23)15-5-3-4-6-16(15)19/h3-9,11,17H,10H2,1-2H3,(H,20,23)/t17-/m0/s1. The van der Waals surface area contributed by atoms with Crippen molar-refractivity contribution in [3.05, 3.63) is 75.5 Å². The predicted octanol–water partition coefficient (Wildman–Crippen LogP) is 3.72. The Morgan fingerprint density at radius 2 is 2.12 bits per heavy atom. The molecule has 0 bridgehead atoms. The Labute approximate surface area is 143 Å². The molecule has 1 amide bonds. The Bertz CT molecular complexity index is 842. The lowest BCUT2D eigenvalue weighted by Gasteiger charge is -2.19. The SMILES string of the molecule is Cc1cc(C)n([C@@H](CNC(=O)c2ccccc2F)c2ccsc2)n1. The molecule has 3 rings (SSSR count). The van der Waals surface area contributed by atoms with E-state index in [-0.39, 0.29) is 11.6 Å². The molecule has 4 nitrogen and oxygen atoms in total. The molecule has 0 aliphatic carbocycles. The fraction of sp³-hybridized carbons (Fsp3) is 0.222. The molecule has 1 aromatic carbocycles. The zero-order chi connectivity index (χ0) is 17.1. The van der Waals surface area contributed by atoms with Gasteiger partial charge in [-0.2, -0.15) is 16.4 Å². The topological polar surface area (TPSA) is 46.9 Å². The number of carbonyl (C=O) groups is 1. The lowest BCUT2D eigenvalue weighted by Crippen LogP contribution is -2.32. The molecule has 1 atom stereocenters. The van der Waals surface area contributed by atoms with Crippen LogP contribution in [0.2, 0.25) is 0 Å². The van der Waals surface area contributed by atoms with Crippen LogP contribution in [-0.4, -0.2) is 22.2 Å². The Balaban J connectivity index is 1.82. The molecule has 1 N–H and O–H groups in total. The molecule has 0 fully saturated rings. The molecule has 2 aromatic heterocycles. The normalized spacial score (nSPS) is 12.1. The van der Waals surface area contributed by atoms with Crippen LogP contribution in [0.1, 0.15) is 33.4 Å². The molecule has 124 valence electrons. The third-order valence-corrected chi connectivity index (χ3v) is 4.54. The zero-order valence-corrected chi connectivity index (χ0v) is 14.3. The summed E-state index contributed by atoms with van der Waals surface area (Å²) in [5.41, 5.74) is 3.06. The summed E-state index contributed by atoms with van der Waals surface area (Å²) in [6.07, 6.45) is 0. The number of carbonyl (C=O) groups excluding carboxylic acids is 1. The number of hydrogen-bond donors (Lipinski definition) is 1. The Morgan fingerprint density at radius 1 is 1.33 bits per heavy atom. The minimum atomic E-state index is -0.520. The summed E-state index contributed by atoms with van der Waals surface area (Å²) >= 11 is 1.59. The van der Waals surface area contributed by atoms with Gasteiger partial charge in [-0.05, 0) is 54.4 Å². The molecule has 0 spiro atoms. The second-order valence-electron chi connectivity index (χ2n) is 5.63. The number of amides is 1. The maximum atomic E-state index is 13.8. The van der Waals surface area contributed by atoms with Crippen LogP contribution >= 0.6 is 11.3 Å². The average molecular weight is 343 g/mol. The van der Waals surface area contributed by atoms with Gasteiger partial charge in [-0.3, -0.25) is 9.48 Å². The molecular formula is C18H18FN3OS. The zero-order valence-electron chi connectivity index (χ0n) is 13.5. The molecule has 0 aliphatic rings. The van der Waals surface area contributed by atoms with Gasteiger partial charge in [0.25, 0.3) is 5.91 Å². The maximum absolute atomic E-state index is 13.8. The van der Waals surface area contributed by atoms with E-state index in [0.29, 0.717) is 6.54 Å². The number of nitrogens with zero attached hydrogens (tertiary/aromatic N) is 2. The molecule has 0 unspecified atom stereocenters. The van der Waals surface area contributed by atoms with Crippen LogP contribution in [0.25, 0.3) is 0 Å². The predicted molar refractivity (Wildman–Crippen MR) is 92.9 cm³/mol. The lowest BCUT2D eigenvalue weighted by molar-refractivity contribution is 0.0945. The van der Waals surface area contributed by atoms with E-state index in [1.807, 2.05) is 41.4 Å². The van der Waals surface area contributed by atoms with Crippen molar-refractivity contribution >= 4 is 17.2 Å². The van der Waals surface area contributed by atoms with E-state index in [4.69, 9.17) is 0 Å². The smallest absolute Gasteiger partial charge is 0.254 e. The highest BCUT2D eigenvalue weighted by Gasteiger charge is 2.19. The summed E-state index contributed by atoms with van der Waals surface area (Å²) < 4.78 is 15.7. The van der Waals surface area contributed by atoms with Crippen LogP contribution in [0.15, 0.2) is 47.2 Å². The first kappa shape index (κ1) is 16.4. The van der Waals surface area contributed by atoms with E-state index in [9.17, 15) is 9.18 Å². The summed E-state index contributed by atoms with van der Waals surface area (Å²) in [4.78, 5) is 12.3. The number of thiophene rings is 1. The summed E-state index contributed by atoms with van der Waals surface area (Å²) in [5.74, 6) is -0.942. The van der Waals surface area contributed by atoms with Gasteiger partial charge in [-0.15, -0.1) is 0 Å². The van der Waals surface area contributed by atoms with Crippen molar-refractivity contribution < 1.29 is 9.18 Å². The van der Waals surface area contributed by atoms with Crippen molar-refractivity contribution in [3.8, 4) is 0 Å². The molecule has 6 heteroatoms. The third-order valence-electron chi connectivity index (χ3n) is 3.84. The van der Waals surface area contributed by atoms with E-state index < -0.39 is 11.7 Å². The molecule has 2 heterocycles. The Kier molecular flexibility index (Phi) is 4.76. The highest BCUT2D eigenvalue weighted by atomic mass is 32.1. The van der Waals surface area contributed by atoms with Crippen molar-refractivity contribution in [1.29, 1.82) is 0 Å². The van der Waals surface area contributed by atoms with Gasteiger partial charge in [0.15, 0.2) is 0 Å². The van der Waals surface area contributed by atoms with E-state index in [1.165, 1.54) is 12.1 Å². The van der Waals surface area contributed by atoms with E-state index in [0.717, 1.165) is 17.0 Å². The van der Waals surface area contributed by atoms with Gasteiger partial charge in [0.1, 0.15) is 5.82 Å². The van der Waals surface area contributed by atoms with Crippen molar-refractivity contribution in [2.75, 3.05) is 6.54 Å². The largest absolute Gasteiger partial charge is 0.349 e. The monoisotopic (exact) mass is 343 g/mol. The van der Waals surface area contributed by atoms with Crippen molar-refractivity contribution in [1.82, 2.24) is 15.1 Å². The van der Waals surface area contributed by atoms with Crippen LogP contribution in [0.4, 0.5) is 4.39 Å². The number of rotatable bonds is 5. The average Bonchev–Trinajstić information content (AvgIpc) is 3.18. The maximum Gasteiger partial charge on any atom is 0.254 e. The van der Waals surface area contributed by atoms with Crippen LogP contribution in [-0.2, 0) is 0 Å². The fourth-order valence-corrected chi connectivity index (χ4v) is 3.41. The van der Waals surface area contributed by atoms with Crippen LogP contribution in [0, 0.1) is 19.7 Å². The van der Waals surface area contributed by atoms with Crippen molar-refractivity contribution in [2.45, 2.75) is 19.9 Å². The van der Waals surface area contributed by atoms with Gasteiger partial charge in [0.05, 0.1) is 17.3 Å². The fourth-order valence-electron chi connectivity index (χ4n) is 2.70.